The van der Waals surface area contributed by atoms with Crippen LogP contribution in [-0.2, 0) is 6.42 Å². The second kappa shape index (κ2) is 6.24. The molecule has 0 atom stereocenters. The van der Waals surface area contributed by atoms with E-state index in [2.05, 4.69) is 39.7 Å². The number of rotatable bonds is 5. The van der Waals surface area contributed by atoms with Crippen molar-refractivity contribution in [2.75, 3.05) is 10.6 Å². The summed E-state index contributed by atoms with van der Waals surface area (Å²) in [7, 11) is 0. The molecule has 0 saturated heterocycles. The van der Waals surface area contributed by atoms with Gasteiger partial charge in [0.2, 0.25) is 0 Å². The summed E-state index contributed by atoms with van der Waals surface area (Å²) in [6.45, 7) is 2.27. The van der Waals surface area contributed by atoms with E-state index in [1.54, 1.807) is 18.6 Å². The Labute approximate surface area is 146 Å². The number of hydrogen-bond acceptors (Lipinski definition) is 2. The van der Waals surface area contributed by atoms with Crippen molar-refractivity contribution in [2.45, 2.75) is 32.6 Å². The Morgan fingerprint density at radius 2 is 2.00 bits per heavy atom. The summed E-state index contributed by atoms with van der Waals surface area (Å²) in [4.78, 5) is 19.4. The lowest BCUT2D eigenvalue weighted by Crippen LogP contribution is -2.19. The zero-order valence-corrected chi connectivity index (χ0v) is 14.3. The number of aromatic amines is 1. The fourth-order valence-corrected chi connectivity index (χ4v) is 3.33. The van der Waals surface area contributed by atoms with Gasteiger partial charge < -0.3 is 15.6 Å². The summed E-state index contributed by atoms with van der Waals surface area (Å²) in [6, 6.07) is 9.79. The van der Waals surface area contributed by atoms with Gasteiger partial charge in [-0.1, -0.05) is 25.5 Å². The zero-order chi connectivity index (χ0) is 17.3. The van der Waals surface area contributed by atoms with Crippen molar-refractivity contribution in [2.24, 2.45) is 5.41 Å². The van der Waals surface area contributed by atoms with Crippen LogP contribution in [0.5, 0.6) is 0 Å². The van der Waals surface area contributed by atoms with E-state index in [1.165, 1.54) is 24.8 Å². The molecule has 0 unspecified atom stereocenters. The smallest absolute Gasteiger partial charge is 0.323 e. The number of aromatic nitrogens is 2. The number of nitrogens with zero attached hydrogens (tertiary/aromatic N) is 1. The molecule has 0 bridgehead atoms. The highest BCUT2D eigenvalue weighted by molar-refractivity contribution is 6.05. The molecule has 1 fully saturated rings. The topological polar surface area (TPSA) is 69.8 Å². The highest BCUT2D eigenvalue weighted by atomic mass is 16.2. The van der Waals surface area contributed by atoms with Crippen molar-refractivity contribution in [1.29, 1.82) is 0 Å². The fourth-order valence-electron chi connectivity index (χ4n) is 3.33. The summed E-state index contributed by atoms with van der Waals surface area (Å²) in [6.07, 6.45) is 10.3. The number of benzene rings is 1. The van der Waals surface area contributed by atoms with Crippen LogP contribution in [0.2, 0.25) is 0 Å². The standard InChI is InChI=1S/C20H22N4O/c1-2-20(8-9-20)11-14-3-5-15(6-4-14)23-19(25)24-18-13-22-17-12-21-10-7-16(17)18/h3-7,10,12-13,22H,2,8-9,11H2,1H3,(H2,23,24,25). The van der Waals surface area contributed by atoms with Gasteiger partial charge in [0.1, 0.15) is 0 Å². The van der Waals surface area contributed by atoms with Crippen molar-refractivity contribution in [1.82, 2.24) is 9.97 Å². The number of anilines is 2. The first-order chi connectivity index (χ1) is 12.2. The van der Waals surface area contributed by atoms with Crippen LogP contribution in [0.3, 0.4) is 0 Å². The molecule has 1 aliphatic rings. The van der Waals surface area contributed by atoms with Crippen LogP contribution in [-0.4, -0.2) is 16.0 Å². The second-order valence-electron chi connectivity index (χ2n) is 6.93. The van der Waals surface area contributed by atoms with Crippen LogP contribution in [0.25, 0.3) is 10.9 Å². The van der Waals surface area contributed by atoms with Gasteiger partial charge in [-0.2, -0.15) is 0 Å². The Balaban J connectivity index is 1.39. The van der Waals surface area contributed by atoms with Gasteiger partial charge in [0.15, 0.2) is 0 Å². The van der Waals surface area contributed by atoms with Crippen LogP contribution in [0.1, 0.15) is 31.7 Å². The van der Waals surface area contributed by atoms with E-state index < -0.39 is 0 Å². The number of amides is 2. The molecule has 1 saturated carbocycles. The molecule has 0 radical (unpaired) electrons. The van der Waals surface area contributed by atoms with Gasteiger partial charge in [-0.05, 0) is 48.4 Å². The summed E-state index contributed by atoms with van der Waals surface area (Å²) in [5.41, 5.74) is 4.31. The summed E-state index contributed by atoms with van der Waals surface area (Å²) >= 11 is 0. The van der Waals surface area contributed by atoms with E-state index in [1.807, 2.05) is 18.2 Å². The fraction of sp³-hybridized carbons (Fsp3) is 0.300. The largest absolute Gasteiger partial charge is 0.358 e. The number of carbonyl (C=O) groups excluding carboxylic acids is 1. The van der Waals surface area contributed by atoms with Crippen LogP contribution in [0, 0.1) is 5.41 Å². The van der Waals surface area contributed by atoms with Crippen LogP contribution in [0.4, 0.5) is 16.2 Å². The van der Waals surface area contributed by atoms with Gasteiger partial charge in [0.05, 0.1) is 17.4 Å². The van der Waals surface area contributed by atoms with Crippen LogP contribution >= 0.6 is 0 Å². The Morgan fingerprint density at radius 3 is 2.72 bits per heavy atom. The molecular weight excluding hydrogens is 312 g/mol. The second-order valence-corrected chi connectivity index (χ2v) is 6.93. The molecule has 5 heteroatoms. The Hall–Kier alpha value is -2.82. The average molecular weight is 334 g/mol. The lowest BCUT2D eigenvalue weighted by molar-refractivity contribution is 0.262. The average Bonchev–Trinajstić information content (AvgIpc) is 3.30. The first-order valence-corrected chi connectivity index (χ1v) is 8.75. The lowest BCUT2D eigenvalue weighted by atomic mass is 9.94. The summed E-state index contributed by atoms with van der Waals surface area (Å²) in [5.74, 6) is 0. The minimum Gasteiger partial charge on any atom is -0.358 e. The first-order valence-electron chi connectivity index (χ1n) is 8.75. The number of nitrogens with one attached hydrogen (secondary N) is 3. The maximum atomic E-state index is 12.2. The highest BCUT2D eigenvalue weighted by Crippen LogP contribution is 2.51. The van der Waals surface area contributed by atoms with E-state index in [9.17, 15) is 4.79 Å². The molecule has 2 aromatic heterocycles. The highest BCUT2D eigenvalue weighted by Gasteiger charge is 2.40. The van der Waals surface area contributed by atoms with Gasteiger partial charge in [0, 0.05) is 23.5 Å². The van der Waals surface area contributed by atoms with Crippen LogP contribution in [0.15, 0.2) is 48.9 Å². The summed E-state index contributed by atoms with van der Waals surface area (Å²) in [5, 5.41) is 6.70. The predicted octanol–water partition coefficient (Wildman–Crippen LogP) is 4.94. The van der Waals surface area contributed by atoms with E-state index in [0.29, 0.717) is 5.41 Å². The minimum absolute atomic E-state index is 0.252. The van der Waals surface area contributed by atoms with Crippen molar-refractivity contribution >= 4 is 28.3 Å². The SMILES string of the molecule is CCC1(Cc2ccc(NC(=O)Nc3c[nH]c4cnccc34)cc2)CC1. The van der Waals surface area contributed by atoms with E-state index in [4.69, 9.17) is 0 Å². The van der Waals surface area contributed by atoms with Crippen molar-refractivity contribution < 1.29 is 4.79 Å². The molecule has 0 aliphatic heterocycles. The monoisotopic (exact) mass is 334 g/mol. The summed E-state index contributed by atoms with van der Waals surface area (Å²) < 4.78 is 0. The lowest BCUT2D eigenvalue weighted by Gasteiger charge is -2.13. The zero-order valence-electron chi connectivity index (χ0n) is 14.3. The molecule has 0 spiro atoms. The molecule has 1 aliphatic carbocycles. The molecule has 25 heavy (non-hydrogen) atoms. The normalized spacial score (nSPS) is 15.1. The van der Waals surface area contributed by atoms with E-state index in [0.717, 1.165) is 28.7 Å². The Bertz CT molecular complexity index is 893. The Kier molecular flexibility index (Phi) is 3.92. The molecule has 5 nitrogen and oxygen atoms in total. The molecule has 1 aromatic carbocycles. The third-order valence-electron chi connectivity index (χ3n) is 5.23. The Morgan fingerprint density at radius 1 is 1.20 bits per heavy atom. The van der Waals surface area contributed by atoms with Crippen LogP contribution < -0.4 is 10.6 Å². The quantitative estimate of drug-likeness (QED) is 0.618. The first kappa shape index (κ1) is 15.7. The van der Waals surface area contributed by atoms with Crippen molar-refractivity contribution in [3.05, 3.63) is 54.5 Å². The molecule has 3 aromatic rings. The van der Waals surface area contributed by atoms with Crippen molar-refractivity contribution in [3.63, 3.8) is 0 Å². The molecule has 128 valence electrons. The van der Waals surface area contributed by atoms with Gasteiger partial charge in [-0.25, -0.2) is 4.79 Å². The molecule has 2 heterocycles. The third-order valence-corrected chi connectivity index (χ3v) is 5.23. The number of carbonyl (C=O) groups is 1. The maximum Gasteiger partial charge on any atom is 0.323 e. The number of pyridine rings is 1. The third kappa shape index (κ3) is 3.36. The molecule has 4 rings (SSSR count). The van der Waals surface area contributed by atoms with Gasteiger partial charge in [0.25, 0.3) is 0 Å². The number of H-pyrrole nitrogens is 1. The van der Waals surface area contributed by atoms with Gasteiger partial charge in [-0.3, -0.25) is 4.98 Å². The van der Waals surface area contributed by atoms with E-state index >= 15 is 0 Å². The predicted molar refractivity (Wildman–Crippen MR) is 101 cm³/mol. The minimum atomic E-state index is -0.252. The molecule has 2 amide bonds. The number of urea groups is 1. The van der Waals surface area contributed by atoms with Crippen molar-refractivity contribution in [3.8, 4) is 0 Å². The maximum absolute atomic E-state index is 12.2. The van der Waals surface area contributed by atoms with Gasteiger partial charge in [-0.15, -0.1) is 0 Å². The van der Waals surface area contributed by atoms with E-state index in [-0.39, 0.29) is 6.03 Å². The van der Waals surface area contributed by atoms with Gasteiger partial charge >= 0.3 is 6.03 Å². The number of hydrogen-bond donors (Lipinski definition) is 3. The molecule has 3 N–H and O–H groups in total. The number of fused-ring (bicyclic) bond motifs is 1. The molecular formula is C20H22N4O.